The van der Waals surface area contributed by atoms with Gasteiger partial charge in [-0.25, -0.2) is 9.13 Å². The average molecular weight is 1520 g/mol. The van der Waals surface area contributed by atoms with Gasteiger partial charge in [-0.15, -0.1) is 0 Å². The second-order valence-electron chi connectivity index (χ2n) is 26.6. The molecule has 0 aromatic carbocycles. The molecule has 0 bridgehead atoms. The van der Waals surface area contributed by atoms with Crippen LogP contribution in [-0.4, -0.2) is 96.7 Å². The molecule has 0 aromatic rings. The van der Waals surface area contributed by atoms with Crippen LogP contribution in [0.2, 0.25) is 0 Å². The maximum Gasteiger partial charge on any atom is 0.472 e. The summed E-state index contributed by atoms with van der Waals surface area (Å²) in [7, 11) is -10.0. The van der Waals surface area contributed by atoms with Crippen LogP contribution in [0.4, 0.5) is 0 Å². The summed E-state index contributed by atoms with van der Waals surface area (Å²) in [4.78, 5) is 73.0. The molecule has 17 nitrogen and oxygen atoms in total. The molecule has 0 spiro atoms. The van der Waals surface area contributed by atoms with Gasteiger partial charge in [-0.3, -0.25) is 37.3 Å². The summed E-state index contributed by atoms with van der Waals surface area (Å²) >= 11 is 0. The third-order valence-corrected chi connectivity index (χ3v) is 18.4. The fourth-order valence-electron chi connectivity index (χ4n) is 10.3. The Kier molecular flexibility index (Phi) is 73.9. The first-order valence-corrected chi connectivity index (χ1v) is 43.7. The van der Waals surface area contributed by atoms with Crippen molar-refractivity contribution in [2.45, 2.75) is 329 Å². The Balaban J connectivity index is 5.47. The van der Waals surface area contributed by atoms with E-state index in [1.165, 1.54) is 64.2 Å². The van der Waals surface area contributed by atoms with E-state index in [0.717, 1.165) is 161 Å². The minimum atomic E-state index is -5.01. The number of phosphoric acid groups is 2. The van der Waals surface area contributed by atoms with Gasteiger partial charge in [0.05, 0.1) is 26.4 Å². The van der Waals surface area contributed by atoms with Crippen LogP contribution in [0.25, 0.3) is 0 Å². The first kappa shape index (κ1) is 101. The zero-order valence-corrected chi connectivity index (χ0v) is 67.8. The van der Waals surface area contributed by atoms with Crippen LogP contribution in [0, 0.1) is 0 Å². The Morgan fingerprint density at radius 3 is 0.849 bits per heavy atom. The monoisotopic (exact) mass is 1520 g/mol. The normalized spacial score (nSPS) is 14.7. The number of aliphatic hydroxyl groups is 1. The summed E-state index contributed by atoms with van der Waals surface area (Å²) in [5.74, 6) is -2.34. The molecule has 0 radical (unpaired) electrons. The summed E-state index contributed by atoms with van der Waals surface area (Å²) < 4.78 is 68.5. The second-order valence-corrected chi connectivity index (χ2v) is 29.5. The predicted molar refractivity (Wildman–Crippen MR) is 436 cm³/mol. The first-order valence-electron chi connectivity index (χ1n) is 40.7. The van der Waals surface area contributed by atoms with E-state index in [1.54, 1.807) is 0 Å². The van der Waals surface area contributed by atoms with Crippen LogP contribution < -0.4 is 0 Å². The van der Waals surface area contributed by atoms with Gasteiger partial charge in [0.25, 0.3) is 0 Å². The first-order chi connectivity index (χ1) is 51.7. The lowest BCUT2D eigenvalue weighted by molar-refractivity contribution is -0.161. The zero-order valence-electron chi connectivity index (χ0n) is 66.1. The number of ether oxygens (including phenoxy) is 4. The largest absolute Gasteiger partial charge is 0.472 e. The van der Waals surface area contributed by atoms with Crippen molar-refractivity contribution >= 4 is 39.5 Å². The number of carbonyl (C=O) groups is 4. The molecular weight excluding hydrogens is 1380 g/mol. The van der Waals surface area contributed by atoms with Crippen molar-refractivity contribution in [1.82, 2.24) is 0 Å². The van der Waals surface area contributed by atoms with Gasteiger partial charge in [0.2, 0.25) is 0 Å². The van der Waals surface area contributed by atoms with Gasteiger partial charge in [-0.2, -0.15) is 0 Å². The topological polar surface area (TPSA) is 237 Å². The molecule has 0 fully saturated rings. The Labute approximate surface area is 642 Å². The lowest BCUT2D eigenvalue weighted by Crippen LogP contribution is -2.30. The molecule has 0 aliphatic heterocycles. The molecule has 2 unspecified atom stereocenters. The standard InChI is InChI=1S/C87H144O17P2/c1-5-9-13-17-21-25-29-33-36-38-40-42-45-48-51-55-59-63-67-71-84(89)97-77-82(103-86(91)73-69-65-61-57-53-47-32-28-24-20-16-12-8-4)79-101-105(93,94)99-75-81(88)76-100-106(95,96)102-80-83(104-87(92)74-70-66-62-58-54-50-44-35-31-27-23-19-15-11-7-3)78-98-85(90)72-68-64-60-56-52-49-46-43-41-39-37-34-30-26-22-18-14-10-6-2/h9,13,21-23,25-28,32-37,40-44,48-49,51-52,60,64,81-83,88H,5-8,10-12,14-20,24,29-31,38-39,45-47,50,53-59,61-63,65-80H2,1-4H3,(H,93,94)(H,95,96)/b13-9-,25-21-,26-22-,27-23-,32-28-,36-33-,37-34-,42-40-,43-41-,44-35-,51-48-,52-49-,64-60-/t81-,82-,83-/m1/s1. The maximum absolute atomic E-state index is 13.1. The van der Waals surface area contributed by atoms with E-state index in [4.69, 9.17) is 37.0 Å². The molecule has 5 atom stereocenters. The van der Waals surface area contributed by atoms with Crippen molar-refractivity contribution in [1.29, 1.82) is 0 Å². The Morgan fingerprint density at radius 1 is 0.274 bits per heavy atom. The van der Waals surface area contributed by atoms with Crippen LogP contribution in [0.3, 0.4) is 0 Å². The van der Waals surface area contributed by atoms with E-state index in [1.807, 2.05) is 18.2 Å². The number of aliphatic hydroxyl groups excluding tert-OH is 1. The van der Waals surface area contributed by atoms with E-state index < -0.39 is 97.5 Å². The molecule has 0 amide bonds. The highest BCUT2D eigenvalue weighted by Crippen LogP contribution is 2.45. The number of rotatable bonds is 75. The van der Waals surface area contributed by atoms with Crippen molar-refractivity contribution in [3.63, 3.8) is 0 Å². The minimum absolute atomic E-state index is 0.0301. The molecule has 0 aromatic heterocycles. The van der Waals surface area contributed by atoms with E-state index in [0.29, 0.717) is 32.1 Å². The van der Waals surface area contributed by atoms with Crippen LogP contribution in [0.5, 0.6) is 0 Å². The number of unbranched alkanes of at least 4 members (excludes halogenated alkanes) is 23. The zero-order chi connectivity index (χ0) is 77.4. The van der Waals surface area contributed by atoms with Crippen molar-refractivity contribution in [3.05, 3.63) is 158 Å². The van der Waals surface area contributed by atoms with Gasteiger partial charge < -0.3 is 33.8 Å². The number of phosphoric ester groups is 2. The molecule has 0 aliphatic carbocycles. The van der Waals surface area contributed by atoms with Crippen LogP contribution in [0.15, 0.2) is 158 Å². The van der Waals surface area contributed by atoms with Gasteiger partial charge in [0, 0.05) is 25.7 Å². The highest BCUT2D eigenvalue weighted by Gasteiger charge is 2.30. The smallest absolute Gasteiger partial charge is 0.462 e. The van der Waals surface area contributed by atoms with E-state index in [2.05, 4.69) is 167 Å². The number of esters is 4. The Hall–Kier alpha value is -5.32. The SMILES string of the molecule is CC/C=C\C/C=C\C/C=C\C/C=C\C/C=C\CCCCCC(=O)OC[C@H](COP(=O)(O)OC[C@@H](O)COP(=O)(O)OC[C@@H](COC(=O)CC/C=C\C/C=C\C/C=C\C/C=C\C/C=C\CCCCC)OC(=O)CCCCCCC/C=C\C/C=C\CCCCC)OC(=O)CCCCCCC/C=C\CCCCCC. The van der Waals surface area contributed by atoms with Crippen LogP contribution >= 0.6 is 15.6 Å². The van der Waals surface area contributed by atoms with Crippen molar-refractivity contribution in [2.24, 2.45) is 0 Å². The van der Waals surface area contributed by atoms with Gasteiger partial charge >= 0.3 is 39.5 Å². The highest BCUT2D eigenvalue weighted by molar-refractivity contribution is 7.47. The van der Waals surface area contributed by atoms with Gasteiger partial charge in [-0.05, 0) is 167 Å². The summed E-state index contributed by atoms with van der Waals surface area (Å²) in [6, 6.07) is 0. The molecule has 0 heterocycles. The van der Waals surface area contributed by atoms with Gasteiger partial charge in [-0.1, -0.05) is 276 Å². The predicted octanol–water partition coefficient (Wildman–Crippen LogP) is 24.0. The lowest BCUT2D eigenvalue weighted by Gasteiger charge is -2.21. The second kappa shape index (κ2) is 77.8. The van der Waals surface area contributed by atoms with Crippen molar-refractivity contribution in [2.75, 3.05) is 39.6 Å². The average Bonchev–Trinajstić information content (AvgIpc) is 0.901. The quantitative estimate of drug-likeness (QED) is 0.0169. The number of hydrogen-bond donors (Lipinski definition) is 3. The lowest BCUT2D eigenvalue weighted by atomic mass is 10.1. The third kappa shape index (κ3) is 76.9. The molecule has 0 rings (SSSR count). The molecule has 604 valence electrons. The van der Waals surface area contributed by atoms with Crippen molar-refractivity contribution < 1.29 is 80.2 Å². The molecule has 3 N–H and O–H groups in total. The fraction of sp³-hybridized carbons (Fsp3) is 0.655. The van der Waals surface area contributed by atoms with Crippen LogP contribution in [-0.2, 0) is 65.4 Å². The third-order valence-electron chi connectivity index (χ3n) is 16.5. The van der Waals surface area contributed by atoms with E-state index in [9.17, 15) is 43.2 Å². The van der Waals surface area contributed by atoms with E-state index >= 15 is 0 Å². The summed E-state index contributed by atoms with van der Waals surface area (Å²) in [6.45, 7) is 4.54. The molecule has 106 heavy (non-hydrogen) atoms. The fourth-order valence-corrected chi connectivity index (χ4v) is 11.8. The van der Waals surface area contributed by atoms with Gasteiger partial charge in [0.1, 0.15) is 19.3 Å². The molecule has 19 heteroatoms. The number of hydrogen-bond acceptors (Lipinski definition) is 15. The molecular formula is C87H144O17P2. The van der Waals surface area contributed by atoms with Crippen LogP contribution in [0.1, 0.15) is 310 Å². The molecule has 0 saturated carbocycles. The molecule has 0 aliphatic rings. The summed E-state index contributed by atoms with van der Waals surface area (Å²) in [5.41, 5.74) is 0. The Morgan fingerprint density at radius 2 is 0.509 bits per heavy atom. The maximum atomic E-state index is 13.1. The summed E-state index contributed by atoms with van der Waals surface area (Å²) in [6.07, 6.45) is 90.9. The minimum Gasteiger partial charge on any atom is -0.462 e. The Bertz CT molecular complexity index is 2630. The molecule has 0 saturated heterocycles. The highest BCUT2D eigenvalue weighted by atomic mass is 31.2. The number of allylic oxidation sites excluding steroid dienone is 26. The summed E-state index contributed by atoms with van der Waals surface area (Å²) in [5, 5.41) is 10.6. The number of carbonyl (C=O) groups excluding carboxylic acids is 4. The van der Waals surface area contributed by atoms with Gasteiger partial charge in [0.15, 0.2) is 12.2 Å². The van der Waals surface area contributed by atoms with Crippen molar-refractivity contribution in [3.8, 4) is 0 Å². The van der Waals surface area contributed by atoms with E-state index in [-0.39, 0.29) is 25.7 Å².